The van der Waals surface area contributed by atoms with Gasteiger partial charge in [-0.1, -0.05) is 18.2 Å². The van der Waals surface area contributed by atoms with Crippen LogP contribution in [-0.4, -0.2) is 24.5 Å². The van der Waals surface area contributed by atoms with Crippen LogP contribution in [0.5, 0.6) is 0 Å². The van der Waals surface area contributed by atoms with Gasteiger partial charge in [-0.2, -0.15) is 0 Å². The highest BCUT2D eigenvalue weighted by molar-refractivity contribution is 7.89. The average molecular weight is 348 g/mol. The molecule has 0 saturated heterocycles. The number of rotatable bonds is 5. The van der Waals surface area contributed by atoms with Crippen molar-refractivity contribution in [3.05, 3.63) is 65.6 Å². The first kappa shape index (κ1) is 16.2. The van der Waals surface area contributed by atoms with Gasteiger partial charge < -0.3 is 10.1 Å². The van der Waals surface area contributed by atoms with E-state index in [0.29, 0.717) is 11.8 Å². The molecular weight excluding hydrogens is 335 g/mol. The van der Waals surface area contributed by atoms with Gasteiger partial charge in [-0.3, -0.25) is 0 Å². The molecule has 2 aromatic carbocycles. The van der Waals surface area contributed by atoms with Crippen molar-refractivity contribution in [1.82, 2.24) is 9.71 Å². The van der Waals surface area contributed by atoms with Gasteiger partial charge in [0.15, 0.2) is 0 Å². The second-order valence-electron chi connectivity index (χ2n) is 5.16. The van der Waals surface area contributed by atoms with Crippen molar-refractivity contribution < 1.29 is 22.7 Å². The topological polar surface area (TPSA) is 99.3 Å². The average Bonchev–Trinajstić information content (AvgIpc) is 2.95. The zero-order chi connectivity index (χ0) is 17.3. The van der Waals surface area contributed by atoms with E-state index in [1.807, 2.05) is 24.3 Å². The van der Waals surface area contributed by atoms with Gasteiger partial charge in [0.2, 0.25) is 10.0 Å². The number of para-hydroxylation sites is 1. The lowest BCUT2D eigenvalue weighted by molar-refractivity contribution is 0.0696. The van der Waals surface area contributed by atoms with Gasteiger partial charge in [-0.25, -0.2) is 22.3 Å². The molecule has 0 saturated carbocycles. The second kappa shape index (κ2) is 6.06. The summed E-state index contributed by atoms with van der Waals surface area (Å²) in [5.41, 5.74) is 1.17. The number of H-pyrrole nitrogens is 1. The second-order valence-corrected chi connectivity index (χ2v) is 6.89. The van der Waals surface area contributed by atoms with Crippen LogP contribution >= 0.6 is 0 Å². The number of carboxylic acid groups (broad SMARTS) is 1. The molecule has 3 rings (SSSR count). The van der Waals surface area contributed by atoms with E-state index in [0.717, 1.165) is 23.0 Å². The molecule has 6 nitrogen and oxygen atoms in total. The number of carbonyl (C=O) groups is 1. The monoisotopic (exact) mass is 348 g/mol. The number of aromatic carboxylic acids is 1. The Morgan fingerprint density at radius 2 is 1.92 bits per heavy atom. The summed E-state index contributed by atoms with van der Waals surface area (Å²) in [6.07, 6.45) is 0. The Hall–Kier alpha value is -2.71. The van der Waals surface area contributed by atoms with Gasteiger partial charge in [0, 0.05) is 11.2 Å². The van der Waals surface area contributed by atoms with Gasteiger partial charge >= 0.3 is 5.97 Å². The fraction of sp³-hybridized carbons (Fsp3) is 0.0625. The first-order valence-corrected chi connectivity index (χ1v) is 8.44. The summed E-state index contributed by atoms with van der Waals surface area (Å²) >= 11 is 0. The van der Waals surface area contributed by atoms with Crippen LogP contribution in [0.15, 0.2) is 53.4 Å². The summed E-state index contributed by atoms with van der Waals surface area (Å²) in [6, 6.07) is 11.9. The van der Waals surface area contributed by atoms with Crippen molar-refractivity contribution >= 4 is 26.9 Å². The lowest BCUT2D eigenvalue weighted by Crippen LogP contribution is -2.24. The Bertz CT molecular complexity index is 994. The third kappa shape index (κ3) is 3.15. The smallest absolute Gasteiger partial charge is 0.335 e. The largest absolute Gasteiger partial charge is 0.478 e. The Balaban J connectivity index is 1.82. The first-order valence-electron chi connectivity index (χ1n) is 6.96. The molecule has 24 heavy (non-hydrogen) atoms. The van der Waals surface area contributed by atoms with Crippen molar-refractivity contribution in [2.75, 3.05) is 0 Å². The van der Waals surface area contributed by atoms with E-state index in [2.05, 4.69) is 9.71 Å². The van der Waals surface area contributed by atoms with Gasteiger partial charge in [0.1, 0.15) is 10.7 Å². The van der Waals surface area contributed by atoms with Crippen LogP contribution in [-0.2, 0) is 16.6 Å². The number of nitrogens with one attached hydrogen (secondary N) is 2. The fourth-order valence-electron chi connectivity index (χ4n) is 2.33. The maximum absolute atomic E-state index is 13.9. The van der Waals surface area contributed by atoms with Gasteiger partial charge in [-0.05, 0) is 35.7 Å². The molecule has 0 amide bonds. The van der Waals surface area contributed by atoms with Gasteiger partial charge in [0.05, 0.1) is 12.1 Å². The number of aromatic amines is 1. The quantitative estimate of drug-likeness (QED) is 0.659. The maximum Gasteiger partial charge on any atom is 0.335 e. The molecule has 124 valence electrons. The summed E-state index contributed by atoms with van der Waals surface area (Å²) in [7, 11) is -4.11. The molecule has 1 aromatic heterocycles. The molecular formula is C16H13FN2O4S. The minimum atomic E-state index is -4.11. The van der Waals surface area contributed by atoms with Crippen LogP contribution in [0.25, 0.3) is 10.9 Å². The summed E-state index contributed by atoms with van der Waals surface area (Å²) < 4.78 is 40.6. The zero-order valence-corrected chi connectivity index (χ0v) is 13.1. The molecule has 0 atom stereocenters. The highest BCUT2D eigenvalue weighted by atomic mass is 32.2. The number of sulfonamides is 1. The molecule has 0 aliphatic heterocycles. The molecule has 0 bridgehead atoms. The molecule has 0 radical (unpaired) electrons. The van der Waals surface area contributed by atoms with E-state index >= 15 is 0 Å². The normalized spacial score (nSPS) is 11.7. The number of aromatic nitrogens is 1. The summed E-state index contributed by atoms with van der Waals surface area (Å²) in [4.78, 5) is 13.2. The third-order valence-corrected chi connectivity index (χ3v) is 4.94. The van der Waals surface area contributed by atoms with Gasteiger partial charge in [0.25, 0.3) is 0 Å². The van der Waals surface area contributed by atoms with Crippen molar-refractivity contribution in [3.8, 4) is 0 Å². The molecule has 0 spiro atoms. The molecule has 0 aliphatic carbocycles. The molecule has 0 fully saturated rings. The zero-order valence-electron chi connectivity index (χ0n) is 12.3. The van der Waals surface area contributed by atoms with Crippen LogP contribution in [0.3, 0.4) is 0 Å². The predicted octanol–water partition coefficient (Wildman–Crippen LogP) is 2.48. The van der Waals surface area contributed by atoms with E-state index in [-0.39, 0.29) is 12.1 Å². The number of benzene rings is 2. The fourth-order valence-corrected chi connectivity index (χ4v) is 3.39. The Labute approximate surface area is 137 Å². The summed E-state index contributed by atoms with van der Waals surface area (Å²) in [6.45, 7) is -0.0445. The van der Waals surface area contributed by atoms with E-state index in [9.17, 15) is 17.6 Å². The van der Waals surface area contributed by atoms with E-state index in [1.165, 1.54) is 0 Å². The molecule has 1 heterocycles. The summed E-state index contributed by atoms with van der Waals surface area (Å²) in [5, 5.41) is 9.72. The first-order chi connectivity index (χ1) is 11.4. The Kier molecular flexibility index (Phi) is 4.08. The third-order valence-electron chi connectivity index (χ3n) is 3.51. The standard InChI is InChI=1S/C16H13FN2O4S/c17-13-8-11(16(20)21)5-6-15(13)24(22,23)18-9-12-7-10-3-1-2-4-14(10)19-12/h1-8,18-19H,9H2,(H,20,21). The maximum atomic E-state index is 13.9. The van der Waals surface area contributed by atoms with Crippen molar-refractivity contribution in [3.63, 3.8) is 0 Å². The predicted molar refractivity (Wildman–Crippen MR) is 85.7 cm³/mol. The minimum absolute atomic E-state index is 0.0445. The molecule has 0 unspecified atom stereocenters. The highest BCUT2D eigenvalue weighted by Gasteiger charge is 2.20. The van der Waals surface area contributed by atoms with E-state index in [1.54, 1.807) is 6.07 Å². The molecule has 3 aromatic rings. The Morgan fingerprint density at radius 3 is 2.58 bits per heavy atom. The molecule has 8 heteroatoms. The van der Waals surface area contributed by atoms with Crippen LogP contribution in [0.4, 0.5) is 4.39 Å². The minimum Gasteiger partial charge on any atom is -0.478 e. The number of carboxylic acids is 1. The number of hydrogen-bond donors (Lipinski definition) is 3. The SMILES string of the molecule is O=C(O)c1ccc(S(=O)(=O)NCc2cc3ccccc3[nH]2)c(F)c1. The number of fused-ring (bicyclic) bond motifs is 1. The van der Waals surface area contributed by atoms with E-state index in [4.69, 9.17) is 5.11 Å². The van der Waals surface area contributed by atoms with Crippen molar-refractivity contribution in [1.29, 1.82) is 0 Å². The van der Waals surface area contributed by atoms with Crippen LogP contribution in [0, 0.1) is 5.82 Å². The number of hydrogen-bond acceptors (Lipinski definition) is 3. The summed E-state index contributed by atoms with van der Waals surface area (Å²) in [5.74, 6) is -2.44. The van der Waals surface area contributed by atoms with Crippen molar-refractivity contribution in [2.24, 2.45) is 0 Å². The van der Waals surface area contributed by atoms with Crippen LogP contribution in [0.2, 0.25) is 0 Å². The highest BCUT2D eigenvalue weighted by Crippen LogP contribution is 2.18. The van der Waals surface area contributed by atoms with Gasteiger partial charge in [-0.15, -0.1) is 0 Å². The Morgan fingerprint density at radius 1 is 1.17 bits per heavy atom. The van der Waals surface area contributed by atoms with E-state index < -0.39 is 26.7 Å². The van der Waals surface area contributed by atoms with Crippen LogP contribution in [0.1, 0.15) is 16.1 Å². The molecule has 3 N–H and O–H groups in total. The molecule has 0 aliphatic rings. The van der Waals surface area contributed by atoms with Crippen LogP contribution < -0.4 is 4.72 Å². The lowest BCUT2D eigenvalue weighted by atomic mass is 10.2. The van der Waals surface area contributed by atoms with Crippen molar-refractivity contribution in [2.45, 2.75) is 11.4 Å². The number of halogens is 1. The lowest BCUT2D eigenvalue weighted by Gasteiger charge is -2.07.